The molecule has 0 atom stereocenters. The SMILES string of the molecule is CC(C)n1nc(-c2nc(C(N)=S)c(N)nc2-c2ccccc2)ccc1=O. The van der Waals surface area contributed by atoms with E-state index in [1.165, 1.54) is 10.7 Å². The number of thiocarbonyl (C=S) groups is 1. The summed E-state index contributed by atoms with van der Waals surface area (Å²) in [5.41, 5.74) is 14.1. The number of benzene rings is 1. The highest BCUT2D eigenvalue weighted by Crippen LogP contribution is 2.29. The molecule has 0 saturated heterocycles. The van der Waals surface area contributed by atoms with E-state index >= 15 is 0 Å². The number of nitrogen functional groups attached to an aromatic ring is 1. The van der Waals surface area contributed by atoms with Crippen LogP contribution in [0.5, 0.6) is 0 Å². The number of aromatic nitrogens is 4. The van der Waals surface area contributed by atoms with Gasteiger partial charge >= 0.3 is 0 Å². The van der Waals surface area contributed by atoms with E-state index in [1.807, 2.05) is 44.2 Å². The van der Waals surface area contributed by atoms with Crippen LogP contribution in [-0.4, -0.2) is 24.7 Å². The summed E-state index contributed by atoms with van der Waals surface area (Å²) in [5, 5.41) is 4.44. The first-order valence-corrected chi connectivity index (χ1v) is 8.42. The zero-order valence-electron chi connectivity index (χ0n) is 14.4. The van der Waals surface area contributed by atoms with E-state index < -0.39 is 0 Å². The molecule has 132 valence electrons. The largest absolute Gasteiger partial charge is 0.388 e. The summed E-state index contributed by atoms with van der Waals surface area (Å²) in [6, 6.07) is 12.4. The van der Waals surface area contributed by atoms with Crippen LogP contribution in [0.1, 0.15) is 25.6 Å². The fraction of sp³-hybridized carbons (Fsp3) is 0.167. The smallest absolute Gasteiger partial charge is 0.267 e. The third kappa shape index (κ3) is 3.31. The Bertz CT molecular complexity index is 1030. The average Bonchev–Trinajstić information content (AvgIpc) is 2.62. The summed E-state index contributed by atoms with van der Waals surface area (Å²) < 4.78 is 1.39. The molecular formula is C18H18N6OS. The van der Waals surface area contributed by atoms with Crippen molar-refractivity contribution in [3.63, 3.8) is 0 Å². The number of hydrogen-bond acceptors (Lipinski definition) is 6. The fourth-order valence-electron chi connectivity index (χ4n) is 2.53. The minimum atomic E-state index is -0.192. The van der Waals surface area contributed by atoms with Gasteiger partial charge in [-0.1, -0.05) is 42.5 Å². The van der Waals surface area contributed by atoms with E-state index in [2.05, 4.69) is 15.1 Å². The molecule has 0 aliphatic carbocycles. The van der Waals surface area contributed by atoms with Crippen molar-refractivity contribution >= 4 is 23.0 Å². The van der Waals surface area contributed by atoms with Gasteiger partial charge in [-0.05, 0) is 19.9 Å². The predicted molar refractivity (Wildman–Crippen MR) is 106 cm³/mol. The molecule has 0 unspecified atom stereocenters. The Balaban J connectivity index is 2.32. The Morgan fingerprint density at radius 2 is 1.77 bits per heavy atom. The summed E-state index contributed by atoms with van der Waals surface area (Å²) >= 11 is 5.03. The van der Waals surface area contributed by atoms with Gasteiger partial charge in [-0.25, -0.2) is 14.6 Å². The Morgan fingerprint density at radius 3 is 2.38 bits per heavy atom. The van der Waals surface area contributed by atoms with Crippen molar-refractivity contribution in [1.82, 2.24) is 19.7 Å². The molecule has 0 aliphatic rings. The first-order valence-electron chi connectivity index (χ1n) is 8.01. The third-order valence-corrected chi connectivity index (χ3v) is 3.95. The van der Waals surface area contributed by atoms with Crippen LogP contribution in [0.2, 0.25) is 0 Å². The van der Waals surface area contributed by atoms with E-state index in [0.717, 1.165) is 5.56 Å². The predicted octanol–water partition coefficient (Wildman–Crippen LogP) is 2.16. The van der Waals surface area contributed by atoms with E-state index in [-0.39, 0.29) is 28.1 Å². The molecule has 4 N–H and O–H groups in total. The lowest BCUT2D eigenvalue weighted by Crippen LogP contribution is -2.24. The second-order valence-electron chi connectivity index (χ2n) is 5.98. The monoisotopic (exact) mass is 366 g/mol. The highest BCUT2D eigenvalue weighted by atomic mass is 32.1. The molecule has 7 nitrogen and oxygen atoms in total. The second kappa shape index (κ2) is 7.01. The fourth-order valence-corrected chi connectivity index (χ4v) is 2.68. The van der Waals surface area contributed by atoms with Crippen LogP contribution in [0.3, 0.4) is 0 Å². The van der Waals surface area contributed by atoms with E-state index in [9.17, 15) is 4.79 Å². The maximum absolute atomic E-state index is 12.0. The van der Waals surface area contributed by atoms with Gasteiger partial charge in [0.25, 0.3) is 5.56 Å². The van der Waals surface area contributed by atoms with Crippen molar-refractivity contribution in [2.75, 3.05) is 5.73 Å². The van der Waals surface area contributed by atoms with Gasteiger partial charge in [0.2, 0.25) is 0 Å². The number of anilines is 1. The van der Waals surface area contributed by atoms with Crippen LogP contribution in [-0.2, 0) is 0 Å². The normalized spacial score (nSPS) is 10.9. The number of hydrogen-bond donors (Lipinski definition) is 2. The maximum atomic E-state index is 12.0. The first kappa shape index (κ1) is 17.7. The highest BCUT2D eigenvalue weighted by molar-refractivity contribution is 7.80. The van der Waals surface area contributed by atoms with Crippen LogP contribution in [0.15, 0.2) is 47.3 Å². The van der Waals surface area contributed by atoms with Crippen molar-refractivity contribution in [3.05, 3.63) is 58.5 Å². The Labute approximate surface area is 155 Å². The summed E-state index contributed by atoms with van der Waals surface area (Å²) in [7, 11) is 0. The molecule has 0 radical (unpaired) electrons. The average molecular weight is 366 g/mol. The first-order chi connectivity index (χ1) is 12.4. The van der Waals surface area contributed by atoms with Gasteiger partial charge in [0, 0.05) is 11.6 Å². The Morgan fingerprint density at radius 1 is 1.08 bits per heavy atom. The lowest BCUT2D eigenvalue weighted by Gasteiger charge is -2.14. The standard InChI is InChI=1S/C18H18N6OS/c1-10(2)24-13(25)9-8-12(23-24)15-14(11-6-4-3-5-7-11)22-17(19)16(21-15)18(20)26/h3-10H,1-2H3,(H2,19,22)(H2,20,26). The van der Waals surface area contributed by atoms with Crippen molar-refractivity contribution in [3.8, 4) is 22.6 Å². The minimum Gasteiger partial charge on any atom is -0.388 e. The van der Waals surface area contributed by atoms with Crippen LogP contribution in [0.4, 0.5) is 5.82 Å². The molecule has 3 aromatic rings. The van der Waals surface area contributed by atoms with Crippen molar-refractivity contribution in [2.45, 2.75) is 19.9 Å². The third-order valence-electron chi connectivity index (χ3n) is 3.76. The van der Waals surface area contributed by atoms with Crippen LogP contribution < -0.4 is 17.0 Å². The number of nitrogens with two attached hydrogens (primary N) is 2. The minimum absolute atomic E-state index is 0.0491. The summed E-state index contributed by atoms with van der Waals surface area (Å²) in [6.07, 6.45) is 0. The van der Waals surface area contributed by atoms with Crippen LogP contribution >= 0.6 is 12.2 Å². The zero-order chi connectivity index (χ0) is 18.8. The molecule has 0 saturated carbocycles. The van der Waals surface area contributed by atoms with E-state index in [1.54, 1.807) is 6.07 Å². The molecule has 26 heavy (non-hydrogen) atoms. The second-order valence-corrected chi connectivity index (χ2v) is 6.42. The van der Waals surface area contributed by atoms with Gasteiger partial charge in [0.05, 0.1) is 6.04 Å². The molecule has 2 aromatic heterocycles. The van der Waals surface area contributed by atoms with Crippen molar-refractivity contribution < 1.29 is 0 Å². The van der Waals surface area contributed by atoms with Gasteiger partial charge < -0.3 is 11.5 Å². The van der Waals surface area contributed by atoms with E-state index in [0.29, 0.717) is 17.1 Å². The van der Waals surface area contributed by atoms with Gasteiger partial charge in [-0.3, -0.25) is 4.79 Å². The van der Waals surface area contributed by atoms with Crippen molar-refractivity contribution in [1.29, 1.82) is 0 Å². The molecule has 0 bridgehead atoms. The lowest BCUT2D eigenvalue weighted by atomic mass is 10.1. The molecular weight excluding hydrogens is 348 g/mol. The Hall–Kier alpha value is -3.13. The topological polar surface area (TPSA) is 113 Å². The molecule has 0 fully saturated rings. The molecule has 0 aliphatic heterocycles. The van der Waals surface area contributed by atoms with Crippen molar-refractivity contribution in [2.24, 2.45) is 5.73 Å². The van der Waals surface area contributed by atoms with Gasteiger partial charge in [0.1, 0.15) is 27.8 Å². The molecule has 3 rings (SSSR count). The molecule has 0 spiro atoms. The summed E-state index contributed by atoms with van der Waals surface area (Å²) in [4.78, 5) is 21.1. The van der Waals surface area contributed by atoms with Gasteiger partial charge in [0.15, 0.2) is 5.82 Å². The Kier molecular flexibility index (Phi) is 4.77. The quantitative estimate of drug-likeness (QED) is 0.680. The van der Waals surface area contributed by atoms with E-state index in [4.69, 9.17) is 23.7 Å². The number of nitrogens with zero attached hydrogens (tertiary/aromatic N) is 4. The summed E-state index contributed by atoms with van der Waals surface area (Å²) in [5.74, 6) is 0.150. The molecule has 0 amide bonds. The van der Waals surface area contributed by atoms with Crippen LogP contribution in [0, 0.1) is 0 Å². The molecule has 2 heterocycles. The molecule has 1 aromatic carbocycles. The lowest BCUT2D eigenvalue weighted by molar-refractivity contribution is 0.504. The van der Waals surface area contributed by atoms with Gasteiger partial charge in [-0.2, -0.15) is 5.10 Å². The zero-order valence-corrected chi connectivity index (χ0v) is 15.2. The molecule has 8 heteroatoms. The van der Waals surface area contributed by atoms with Gasteiger partial charge in [-0.15, -0.1) is 0 Å². The summed E-state index contributed by atoms with van der Waals surface area (Å²) in [6.45, 7) is 3.76. The highest BCUT2D eigenvalue weighted by Gasteiger charge is 2.18. The maximum Gasteiger partial charge on any atom is 0.267 e. The number of rotatable bonds is 4. The van der Waals surface area contributed by atoms with Crippen LogP contribution in [0.25, 0.3) is 22.6 Å².